The van der Waals surface area contributed by atoms with Crippen LogP contribution in [0, 0.1) is 23.7 Å². The van der Waals surface area contributed by atoms with Gasteiger partial charge in [0.25, 0.3) is 0 Å². The fourth-order valence-electron chi connectivity index (χ4n) is 10.1. The summed E-state index contributed by atoms with van der Waals surface area (Å²) in [4.78, 5) is 134. The molecule has 20 heteroatoms. The molecule has 0 aliphatic carbocycles. The summed E-state index contributed by atoms with van der Waals surface area (Å²) in [5.41, 5.74) is 1.40. The molecule has 3 heterocycles. The van der Waals surface area contributed by atoms with Gasteiger partial charge in [-0.1, -0.05) is 129 Å². The minimum Gasteiger partial charge on any atom is -0.343 e. The van der Waals surface area contributed by atoms with E-state index in [0.29, 0.717) is 49.7 Å². The zero-order valence-corrected chi connectivity index (χ0v) is 46.7. The highest BCUT2D eigenvalue weighted by Gasteiger charge is 2.46. The van der Waals surface area contributed by atoms with Gasteiger partial charge in [-0.15, -0.1) is 0 Å². The van der Waals surface area contributed by atoms with Crippen LogP contribution in [0.1, 0.15) is 118 Å². The SMILES string of the molecule is CC[C@H](C)[C@@H]1NC(=O)[C@H](C(C)C)NC(=O)[C@H](Cc2ccccc2)NC(=O)[C@H](Cc2ccccc2)NC(=O)[C@@H]2CCCN2C(=O)[C@@H]2CCCN2C(=O)[C@H]([C@@H](C)CC)NC(=O)[C@H](CC(C)C)NC(=O)[C@H](CC[S@@](C)=O)NC1=O. The van der Waals surface area contributed by atoms with Gasteiger partial charge >= 0.3 is 0 Å². The quantitative estimate of drug-likeness (QED) is 0.145. The molecule has 9 amide bonds. The zero-order chi connectivity index (χ0) is 55.8. The Bertz CT molecular complexity index is 2370. The van der Waals surface area contributed by atoms with Gasteiger partial charge in [0, 0.05) is 48.7 Å². The van der Waals surface area contributed by atoms with Crippen LogP contribution in [0.4, 0.5) is 0 Å². The van der Waals surface area contributed by atoms with Crippen LogP contribution in [0.5, 0.6) is 0 Å². The van der Waals surface area contributed by atoms with E-state index in [1.165, 1.54) is 16.1 Å². The number of nitrogens with one attached hydrogen (secondary N) is 7. The van der Waals surface area contributed by atoms with Gasteiger partial charge in [-0.2, -0.15) is 0 Å². The van der Waals surface area contributed by atoms with Gasteiger partial charge in [0.05, 0.1) is 0 Å². The first-order valence-electron chi connectivity index (χ1n) is 27.2. The highest BCUT2D eigenvalue weighted by Crippen LogP contribution is 2.27. The second-order valence-corrected chi connectivity index (χ2v) is 23.2. The smallest absolute Gasteiger partial charge is 0.246 e. The maximum Gasteiger partial charge on any atom is 0.246 e. The molecule has 0 spiro atoms. The van der Waals surface area contributed by atoms with Crippen molar-refractivity contribution in [2.24, 2.45) is 23.7 Å². The summed E-state index contributed by atoms with van der Waals surface area (Å²) < 4.78 is 12.5. The van der Waals surface area contributed by atoms with E-state index in [4.69, 9.17) is 0 Å². The average molecular weight is 1070 g/mol. The van der Waals surface area contributed by atoms with Crippen LogP contribution in [0.15, 0.2) is 60.7 Å². The molecule has 19 nitrogen and oxygen atoms in total. The molecule has 3 aliphatic heterocycles. The molecule has 2 aromatic rings. The number of carbonyl (C=O) groups is 9. The molecule has 0 saturated carbocycles. The van der Waals surface area contributed by atoms with Crippen LogP contribution >= 0.6 is 0 Å². The van der Waals surface area contributed by atoms with Crippen molar-refractivity contribution < 1.29 is 47.4 Å². The summed E-state index contributed by atoms with van der Waals surface area (Å²) in [6, 6.07) is 7.55. The second-order valence-electron chi connectivity index (χ2n) is 21.7. The van der Waals surface area contributed by atoms with Crippen molar-refractivity contribution in [3.05, 3.63) is 71.8 Å². The predicted molar refractivity (Wildman–Crippen MR) is 290 cm³/mol. The van der Waals surface area contributed by atoms with Gasteiger partial charge in [0.2, 0.25) is 53.2 Å². The lowest BCUT2D eigenvalue weighted by molar-refractivity contribution is -0.149. The van der Waals surface area contributed by atoms with Gasteiger partial charge in [-0.3, -0.25) is 47.4 Å². The van der Waals surface area contributed by atoms with Crippen molar-refractivity contribution in [3.8, 4) is 0 Å². The fraction of sp³-hybridized carbons (Fsp3) is 0.625. The Balaban J connectivity index is 1.61. The van der Waals surface area contributed by atoms with Crippen LogP contribution in [-0.4, -0.2) is 147 Å². The topological polar surface area (TPSA) is 261 Å². The first-order valence-corrected chi connectivity index (χ1v) is 29.0. The van der Waals surface area contributed by atoms with Crippen molar-refractivity contribution in [1.29, 1.82) is 0 Å². The molecular formula is C56H83N9O10S. The van der Waals surface area contributed by atoms with E-state index in [9.17, 15) is 47.4 Å². The first kappa shape index (κ1) is 60.7. The maximum absolute atomic E-state index is 14.8. The fourth-order valence-corrected chi connectivity index (χ4v) is 10.6. The number of hydrogen-bond donors (Lipinski definition) is 7. The lowest BCUT2D eigenvalue weighted by Gasteiger charge is -2.35. The van der Waals surface area contributed by atoms with Crippen molar-refractivity contribution in [2.45, 2.75) is 174 Å². The van der Waals surface area contributed by atoms with E-state index in [-0.39, 0.29) is 50.4 Å². The number of amides is 9. The van der Waals surface area contributed by atoms with Crippen molar-refractivity contribution in [2.75, 3.05) is 25.1 Å². The van der Waals surface area contributed by atoms with Crippen LogP contribution in [0.25, 0.3) is 0 Å². The normalized spacial score (nSPS) is 27.5. The first-order chi connectivity index (χ1) is 36.1. The van der Waals surface area contributed by atoms with Crippen molar-refractivity contribution >= 4 is 64.0 Å². The Kier molecular flexibility index (Phi) is 23.0. The molecule has 0 aromatic heterocycles. The van der Waals surface area contributed by atoms with Crippen LogP contribution < -0.4 is 37.2 Å². The molecule has 0 radical (unpaired) electrons. The minimum atomic E-state index is -1.39. The van der Waals surface area contributed by atoms with E-state index in [1.54, 1.807) is 57.2 Å². The van der Waals surface area contributed by atoms with Crippen LogP contribution in [0.3, 0.4) is 0 Å². The van der Waals surface area contributed by atoms with Crippen molar-refractivity contribution in [3.63, 3.8) is 0 Å². The van der Waals surface area contributed by atoms with Gasteiger partial charge < -0.3 is 47.0 Å². The summed E-state index contributed by atoms with van der Waals surface area (Å²) in [6.07, 6.45) is 4.03. The molecule has 418 valence electrons. The van der Waals surface area contributed by atoms with E-state index in [1.807, 2.05) is 58.9 Å². The van der Waals surface area contributed by atoms with Crippen LogP contribution in [0.2, 0.25) is 0 Å². The Hall–Kier alpha value is -6.18. The zero-order valence-electron chi connectivity index (χ0n) is 45.9. The van der Waals surface area contributed by atoms with Gasteiger partial charge in [0.1, 0.15) is 54.4 Å². The molecule has 0 bridgehead atoms. The molecular weight excluding hydrogens is 991 g/mol. The third kappa shape index (κ3) is 16.7. The van der Waals surface area contributed by atoms with E-state index >= 15 is 0 Å². The Labute approximate surface area is 451 Å². The summed E-state index contributed by atoms with van der Waals surface area (Å²) in [6.45, 7) is 14.9. The summed E-state index contributed by atoms with van der Waals surface area (Å²) in [5, 5.41) is 20.0. The average Bonchev–Trinajstić information content (AvgIpc) is 4.10. The summed E-state index contributed by atoms with van der Waals surface area (Å²) in [7, 11) is -1.39. The van der Waals surface area contributed by atoms with E-state index < -0.39 is 136 Å². The highest BCUT2D eigenvalue weighted by molar-refractivity contribution is 7.84. The number of nitrogens with zero attached hydrogens (tertiary/aromatic N) is 2. The molecule has 5 rings (SSSR count). The molecule has 12 atom stereocenters. The summed E-state index contributed by atoms with van der Waals surface area (Å²) in [5.74, 6) is -7.25. The second kappa shape index (κ2) is 28.8. The number of hydrogen-bond acceptors (Lipinski definition) is 10. The molecule has 3 saturated heterocycles. The molecule has 76 heavy (non-hydrogen) atoms. The maximum atomic E-state index is 14.8. The Morgan fingerprint density at radius 2 is 0.921 bits per heavy atom. The van der Waals surface area contributed by atoms with E-state index in [0.717, 1.165) is 0 Å². The summed E-state index contributed by atoms with van der Waals surface area (Å²) >= 11 is 0. The monoisotopic (exact) mass is 1070 g/mol. The van der Waals surface area contributed by atoms with Gasteiger partial charge in [-0.05, 0) is 73.3 Å². The van der Waals surface area contributed by atoms with E-state index in [2.05, 4.69) is 37.2 Å². The lowest BCUT2D eigenvalue weighted by Crippen LogP contribution is -2.62. The standard InChI is InChI=1S/C56H83N9O10S/c1-10-35(7)46-54(72)57-39(26-29-76(9)75)48(66)58-40(30-33(3)4)50(68)63-47(36(8)11-2)56(74)65-28-19-25-44(65)55(73)64-27-18-24-43(64)52(70)60-41(31-37-20-14-12-15-21-37)49(67)59-42(32-38-22-16-13-17-23-38)51(69)61-45(34(5)6)53(71)62-46/h12-17,20-23,33-36,39-47H,10-11,18-19,24-32H2,1-9H3,(H,57,72)(H,58,66)(H,59,67)(H,60,70)(H,61,69)(H,62,71)(H,63,68)/t35-,36-,39-,40-,41-,42-,43-,44-,45-,46-,47-,76+/m0/s1. The lowest BCUT2D eigenvalue weighted by atomic mass is 9.95. The van der Waals surface area contributed by atoms with Crippen molar-refractivity contribution in [1.82, 2.24) is 47.0 Å². The molecule has 7 N–H and O–H groups in total. The Morgan fingerprint density at radius 3 is 1.45 bits per heavy atom. The molecule has 3 fully saturated rings. The number of benzene rings is 2. The van der Waals surface area contributed by atoms with Crippen LogP contribution in [-0.2, 0) is 66.8 Å². The minimum absolute atomic E-state index is 0.000696. The number of rotatable bonds is 14. The third-order valence-corrected chi connectivity index (χ3v) is 15.8. The molecule has 3 aliphatic rings. The number of fused-ring (bicyclic) bond motifs is 2. The highest BCUT2D eigenvalue weighted by atomic mass is 32.2. The third-order valence-electron chi connectivity index (χ3n) is 15.0. The molecule has 0 unspecified atom stereocenters. The number of carbonyl (C=O) groups excluding carboxylic acids is 9. The Morgan fingerprint density at radius 1 is 0.500 bits per heavy atom. The molecule has 2 aromatic carbocycles. The largest absolute Gasteiger partial charge is 0.343 e. The predicted octanol–water partition coefficient (Wildman–Crippen LogP) is 2.42. The van der Waals surface area contributed by atoms with Gasteiger partial charge in [0.15, 0.2) is 0 Å². The van der Waals surface area contributed by atoms with Gasteiger partial charge in [-0.25, -0.2) is 0 Å².